The lowest BCUT2D eigenvalue weighted by Crippen LogP contribution is -2.29. The molecule has 1 N–H and O–H groups in total. The molecule has 0 unspecified atom stereocenters. The molecule has 1 amide bonds. The molecule has 0 aliphatic carbocycles. The summed E-state index contributed by atoms with van der Waals surface area (Å²) in [6, 6.07) is 3.42. The summed E-state index contributed by atoms with van der Waals surface area (Å²) >= 11 is 5.96. The second-order valence-corrected chi connectivity index (χ2v) is 8.19. The van der Waals surface area contributed by atoms with Crippen molar-refractivity contribution in [2.75, 3.05) is 6.26 Å². The molecule has 28 heavy (non-hydrogen) atoms. The Kier molecular flexibility index (Phi) is 6.75. The number of aromatic nitrogens is 5. The standard InChI is InChI=1S/C16H15ClN6O3S.H2S/c1-10(15-20-9-21-23(15)14-8-18-3-4-19-14)22-16(24)11-5-12(17)7-13(6-11)27(2,25)26;/h3-10H,1-2H3,(H,22,24);1H2/t10-;/m1./s1. The molecule has 0 saturated carbocycles. The number of rotatable bonds is 5. The lowest BCUT2D eigenvalue weighted by atomic mass is 10.2. The second kappa shape index (κ2) is 8.67. The van der Waals surface area contributed by atoms with E-state index in [1.807, 2.05) is 0 Å². The van der Waals surface area contributed by atoms with Crippen LogP contribution in [-0.4, -0.2) is 45.3 Å². The average molecular weight is 441 g/mol. The van der Waals surface area contributed by atoms with Crippen LogP contribution in [0.2, 0.25) is 5.02 Å². The number of nitrogens with zero attached hydrogens (tertiary/aromatic N) is 5. The third-order valence-electron chi connectivity index (χ3n) is 3.64. The highest BCUT2D eigenvalue weighted by Gasteiger charge is 2.20. The van der Waals surface area contributed by atoms with Crippen molar-refractivity contribution in [2.45, 2.75) is 17.9 Å². The van der Waals surface area contributed by atoms with Gasteiger partial charge in [0.25, 0.3) is 5.91 Å². The fourth-order valence-electron chi connectivity index (χ4n) is 2.38. The minimum absolute atomic E-state index is 0. The number of hydrogen-bond acceptors (Lipinski definition) is 7. The van der Waals surface area contributed by atoms with Crippen LogP contribution in [-0.2, 0) is 9.84 Å². The monoisotopic (exact) mass is 440 g/mol. The first-order valence-electron chi connectivity index (χ1n) is 7.73. The second-order valence-electron chi connectivity index (χ2n) is 5.74. The van der Waals surface area contributed by atoms with Crippen LogP contribution in [0.5, 0.6) is 0 Å². The van der Waals surface area contributed by atoms with Gasteiger partial charge in [-0.1, -0.05) is 11.6 Å². The molecule has 3 aromatic rings. The van der Waals surface area contributed by atoms with Crippen molar-refractivity contribution < 1.29 is 13.2 Å². The van der Waals surface area contributed by atoms with Gasteiger partial charge >= 0.3 is 0 Å². The molecule has 1 atom stereocenters. The van der Waals surface area contributed by atoms with Gasteiger partial charge in [-0.2, -0.15) is 23.3 Å². The van der Waals surface area contributed by atoms with Gasteiger partial charge in [-0.05, 0) is 25.1 Å². The van der Waals surface area contributed by atoms with Gasteiger partial charge in [-0.15, -0.1) is 0 Å². The van der Waals surface area contributed by atoms with Gasteiger partial charge in [0.2, 0.25) is 0 Å². The molecule has 9 nitrogen and oxygen atoms in total. The third-order valence-corrected chi connectivity index (χ3v) is 4.95. The van der Waals surface area contributed by atoms with E-state index in [2.05, 4.69) is 25.4 Å². The summed E-state index contributed by atoms with van der Waals surface area (Å²) in [6.45, 7) is 1.72. The number of nitrogens with one attached hydrogen (secondary N) is 1. The molecule has 3 rings (SSSR count). The topological polar surface area (TPSA) is 120 Å². The number of hydrogen-bond donors (Lipinski definition) is 1. The predicted molar refractivity (Wildman–Crippen MR) is 108 cm³/mol. The summed E-state index contributed by atoms with van der Waals surface area (Å²) in [5.41, 5.74) is 0.125. The van der Waals surface area contributed by atoms with Crippen molar-refractivity contribution in [3.05, 3.63) is 59.5 Å². The highest BCUT2D eigenvalue weighted by molar-refractivity contribution is 7.90. The van der Waals surface area contributed by atoms with Crippen molar-refractivity contribution in [1.29, 1.82) is 0 Å². The first-order chi connectivity index (χ1) is 12.8. The van der Waals surface area contributed by atoms with Crippen LogP contribution in [0, 0.1) is 0 Å². The average Bonchev–Trinajstić information content (AvgIpc) is 3.11. The van der Waals surface area contributed by atoms with E-state index in [4.69, 9.17) is 11.6 Å². The molecular formula is C16H17ClN6O3S2. The van der Waals surface area contributed by atoms with Crippen molar-refractivity contribution >= 4 is 40.8 Å². The molecule has 12 heteroatoms. The zero-order valence-electron chi connectivity index (χ0n) is 14.9. The van der Waals surface area contributed by atoms with E-state index < -0.39 is 21.8 Å². The fraction of sp³-hybridized carbons (Fsp3) is 0.188. The van der Waals surface area contributed by atoms with Crippen molar-refractivity contribution in [2.24, 2.45) is 0 Å². The molecule has 0 saturated heterocycles. The summed E-state index contributed by atoms with van der Waals surface area (Å²) in [7, 11) is -3.50. The van der Waals surface area contributed by atoms with E-state index in [0.717, 1.165) is 6.26 Å². The van der Waals surface area contributed by atoms with Crippen molar-refractivity contribution in [1.82, 2.24) is 30.0 Å². The van der Waals surface area contributed by atoms with Gasteiger partial charge in [0.1, 0.15) is 6.33 Å². The van der Waals surface area contributed by atoms with Gasteiger partial charge in [0, 0.05) is 29.2 Å². The predicted octanol–water partition coefficient (Wildman–Crippen LogP) is 1.72. The van der Waals surface area contributed by atoms with E-state index in [-0.39, 0.29) is 29.0 Å². The van der Waals surface area contributed by atoms with Gasteiger partial charge in [-0.3, -0.25) is 9.78 Å². The molecule has 0 aliphatic heterocycles. The largest absolute Gasteiger partial charge is 0.342 e. The van der Waals surface area contributed by atoms with Crippen LogP contribution < -0.4 is 5.32 Å². The SMILES string of the molecule is C[C@@H](NC(=O)c1cc(Cl)cc(S(C)(=O)=O)c1)c1ncnn1-c1cnccn1.S. The summed E-state index contributed by atoms with van der Waals surface area (Å²) < 4.78 is 24.9. The molecule has 2 heterocycles. The van der Waals surface area contributed by atoms with Gasteiger partial charge in [-0.25, -0.2) is 18.4 Å². The number of amides is 1. The Morgan fingerprint density at radius 3 is 2.61 bits per heavy atom. The number of halogens is 1. The van der Waals surface area contributed by atoms with Gasteiger partial charge in [0.05, 0.1) is 17.1 Å². The van der Waals surface area contributed by atoms with Crippen molar-refractivity contribution in [3.63, 3.8) is 0 Å². The van der Waals surface area contributed by atoms with E-state index in [9.17, 15) is 13.2 Å². The maximum atomic E-state index is 12.6. The van der Waals surface area contributed by atoms with E-state index in [1.165, 1.54) is 47.8 Å². The molecular weight excluding hydrogens is 424 g/mol. The molecule has 0 bridgehead atoms. The number of carbonyl (C=O) groups excluding carboxylic acids is 1. The molecule has 0 aliphatic rings. The summed E-state index contributed by atoms with van der Waals surface area (Å²) in [5.74, 6) is 0.394. The lowest BCUT2D eigenvalue weighted by Gasteiger charge is -2.14. The molecule has 1 aromatic carbocycles. The smallest absolute Gasteiger partial charge is 0.251 e. The first kappa shape index (κ1) is 21.8. The number of benzene rings is 1. The molecule has 0 fully saturated rings. The number of sulfone groups is 1. The quantitative estimate of drug-likeness (QED) is 0.641. The minimum Gasteiger partial charge on any atom is -0.342 e. The molecule has 0 spiro atoms. The summed E-state index contributed by atoms with van der Waals surface area (Å²) in [4.78, 5) is 24.8. The zero-order chi connectivity index (χ0) is 19.6. The highest BCUT2D eigenvalue weighted by Crippen LogP contribution is 2.20. The van der Waals surface area contributed by atoms with Crippen LogP contribution in [0.4, 0.5) is 0 Å². The first-order valence-corrected chi connectivity index (χ1v) is 10.0. The van der Waals surface area contributed by atoms with Gasteiger partial charge < -0.3 is 5.32 Å². The van der Waals surface area contributed by atoms with E-state index >= 15 is 0 Å². The Hall–Kier alpha value is -2.50. The van der Waals surface area contributed by atoms with E-state index in [1.54, 1.807) is 6.92 Å². The van der Waals surface area contributed by atoms with Crippen LogP contribution in [0.25, 0.3) is 5.82 Å². The van der Waals surface area contributed by atoms with Crippen LogP contribution in [0.15, 0.2) is 48.0 Å². The summed E-state index contributed by atoms with van der Waals surface area (Å²) in [6.07, 6.45) is 6.95. The molecule has 0 radical (unpaired) electrons. The summed E-state index contributed by atoms with van der Waals surface area (Å²) in [5, 5.41) is 7.00. The number of carbonyl (C=O) groups is 1. The fourth-order valence-corrected chi connectivity index (χ4v) is 3.36. The lowest BCUT2D eigenvalue weighted by molar-refractivity contribution is 0.0937. The third kappa shape index (κ3) is 4.86. The Morgan fingerprint density at radius 2 is 1.96 bits per heavy atom. The Labute approximate surface area is 173 Å². The van der Waals surface area contributed by atoms with Gasteiger partial charge in [0.15, 0.2) is 21.5 Å². The Bertz CT molecular complexity index is 1090. The Morgan fingerprint density at radius 1 is 1.21 bits per heavy atom. The minimum atomic E-state index is -3.50. The molecule has 2 aromatic heterocycles. The van der Waals surface area contributed by atoms with E-state index in [0.29, 0.717) is 11.6 Å². The molecule has 148 valence electrons. The van der Waals surface area contributed by atoms with Crippen LogP contribution in [0.3, 0.4) is 0 Å². The maximum Gasteiger partial charge on any atom is 0.251 e. The highest BCUT2D eigenvalue weighted by atomic mass is 35.5. The van der Waals surface area contributed by atoms with Crippen molar-refractivity contribution in [3.8, 4) is 5.82 Å². The normalized spacial score (nSPS) is 12.1. The van der Waals surface area contributed by atoms with Crippen LogP contribution >= 0.6 is 25.1 Å². The zero-order valence-corrected chi connectivity index (χ0v) is 17.4. The van der Waals surface area contributed by atoms with Crippen LogP contribution in [0.1, 0.15) is 29.1 Å². The Balaban J connectivity index is 0.00000280. The maximum absolute atomic E-state index is 12.6.